The number of benzene rings is 1. The fourth-order valence-corrected chi connectivity index (χ4v) is 2.33. The third kappa shape index (κ3) is 6.07. The number of carbonyl (C=O) groups is 2. The molecule has 19 heavy (non-hydrogen) atoms. The number of nitrogens with one attached hydrogen (secondary N) is 1. The van der Waals surface area contributed by atoms with Crippen molar-refractivity contribution in [1.29, 1.82) is 0 Å². The number of hydrogen-bond acceptors (Lipinski definition) is 4. The van der Waals surface area contributed by atoms with Crippen molar-refractivity contribution in [3.63, 3.8) is 0 Å². The zero-order valence-corrected chi connectivity index (χ0v) is 13.4. The van der Waals surface area contributed by atoms with E-state index in [1.165, 1.54) is 0 Å². The predicted octanol–water partition coefficient (Wildman–Crippen LogP) is 2.27. The van der Waals surface area contributed by atoms with E-state index in [2.05, 4.69) is 41.9 Å². The van der Waals surface area contributed by atoms with E-state index in [4.69, 9.17) is 4.74 Å². The second-order valence-corrected chi connectivity index (χ2v) is 5.22. The maximum Gasteiger partial charge on any atom is 0.325 e. The van der Waals surface area contributed by atoms with Gasteiger partial charge in [0.2, 0.25) is 0 Å². The molecule has 0 saturated heterocycles. The highest BCUT2D eigenvalue weighted by atomic mass is 79.9. The number of ether oxygens (including phenoxy) is 2. The van der Waals surface area contributed by atoms with Crippen molar-refractivity contribution >= 4 is 43.7 Å². The van der Waals surface area contributed by atoms with Crippen LogP contribution in [-0.4, -0.2) is 31.6 Å². The van der Waals surface area contributed by atoms with E-state index in [0.29, 0.717) is 5.75 Å². The highest BCUT2D eigenvalue weighted by molar-refractivity contribution is 9.11. The number of hydrogen-bond donors (Lipinski definition) is 1. The van der Waals surface area contributed by atoms with Crippen LogP contribution in [-0.2, 0) is 14.3 Å². The van der Waals surface area contributed by atoms with Gasteiger partial charge < -0.3 is 14.8 Å². The Morgan fingerprint density at radius 3 is 2.68 bits per heavy atom. The van der Waals surface area contributed by atoms with Crippen LogP contribution in [0.4, 0.5) is 0 Å². The third-order valence-electron chi connectivity index (χ3n) is 1.99. The molecule has 0 radical (unpaired) electrons. The van der Waals surface area contributed by atoms with Crippen molar-refractivity contribution in [2.24, 2.45) is 0 Å². The van der Waals surface area contributed by atoms with Gasteiger partial charge in [-0.15, -0.1) is 0 Å². The van der Waals surface area contributed by atoms with Crippen LogP contribution < -0.4 is 10.1 Å². The highest BCUT2D eigenvalue weighted by Crippen LogP contribution is 2.27. The second-order valence-electron chi connectivity index (χ2n) is 3.45. The standard InChI is InChI=1S/C12H13Br2NO4/c1-2-18-12(17)6-15-11(16)7-19-10-4-3-8(13)5-9(10)14/h3-5H,2,6-7H2,1H3,(H,15,16). The van der Waals surface area contributed by atoms with Crippen LogP contribution in [0.15, 0.2) is 27.1 Å². The molecule has 1 amide bonds. The van der Waals surface area contributed by atoms with E-state index in [1.807, 2.05) is 6.07 Å². The minimum atomic E-state index is -0.472. The van der Waals surface area contributed by atoms with Gasteiger partial charge in [0.05, 0.1) is 11.1 Å². The topological polar surface area (TPSA) is 64.6 Å². The lowest BCUT2D eigenvalue weighted by molar-refractivity contribution is -0.143. The van der Waals surface area contributed by atoms with Gasteiger partial charge in [-0.25, -0.2) is 0 Å². The Hall–Kier alpha value is -1.08. The van der Waals surface area contributed by atoms with Crippen molar-refractivity contribution in [3.8, 4) is 5.75 Å². The maximum absolute atomic E-state index is 11.4. The van der Waals surface area contributed by atoms with Crippen molar-refractivity contribution in [3.05, 3.63) is 27.1 Å². The maximum atomic E-state index is 11.4. The van der Waals surface area contributed by atoms with Crippen molar-refractivity contribution < 1.29 is 19.1 Å². The molecule has 0 aliphatic heterocycles. The summed E-state index contributed by atoms with van der Waals surface area (Å²) in [6.07, 6.45) is 0. The molecule has 0 saturated carbocycles. The predicted molar refractivity (Wildman–Crippen MR) is 77.0 cm³/mol. The molecule has 1 rings (SSSR count). The van der Waals surface area contributed by atoms with E-state index in [0.717, 1.165) is 8.95 Å². The number of halogens is 2. The lowest BCUT2D eigenvalue weighted by atomic mass is 10.3. The van der Waals surface area contributed by atoms with Crippen LogP contribution in [0.5, 0.6) is 5.75 Å². The number of rotatable bonds is 6. The molecule has 0 atom stereocenters. The summed E-state index contributed by atoms with van der Waals surface area (Å²) in [5.74, 6) is -0.307. The van der Waals surface area contributed by atoms with Crippen molar-refractivity contribution in [2.75, 3.05) is 19.8 Å². The molecule has 0 aliphatic carbocycles. The van der Waals surface area contributed by atoms with Gasteiger partial charge in [0.25, 0.3) is 5.91 Å². The molecule has 0 aromatic heterocycles. The summed E-state index contributed by atoms with van der Waals surface area (Å²) in [7, 11) is 0. The number of carbonyl (C=O) groups excluding carboxylic acids is 2. The summed E-state index contributed by atoms with van der Waals surface area (Å²) in [4.78, 5) is 22.5. The number of amides is 1. The normalized spacial score (nSPS) is 9.84. The van der Waals surface area contributed by atoms with Gasteiger partial charge in [-0.2, -0.15) is 0 Å². The molecule has 0 spiro atoms. The van der Waals surface area contributed by atoms with Crippen molar-refractivity contribution in [1.82, 2.24) is 5.32 Å². The first-order valence-corrected chi connectivity index (χ1v) is 7.11. The molecular formula is C12H13Br2NO4. The number of esters is 1. The first kappa shape index (κ1) is 16.0. The Balaban J connectivity index is 2.36. The Morgan fingerprint density at radius 2 is 2.05 bits per heavy atom. The minimum absolute atomic E-state index is 0.155. The fraction of sp³-hybridized carbons (Fsp3) is 0.333. The first-order chi connectivity index (χ1) is 9.02. The summed E-state index contributed by atoms with van der Waals surface area (Å²) < 4.78 is 11.6. The minimum Gasteiger partial charge on any atom is -0.483 e. The van der Waals surface area contributed by atoms with Crippen LogP contribution in [0, 0.1) is 0 Å². The molecule has 0 aliphatic rings. The van der Waals surface area contributed by atoms with Crippen LogP contribution in [0.1, 0.15) is 6.92 Å². The van der Waals surface area contributed by atoms with E-state index < -0.39 is 5.97 Å². The Bertz CT molecular complexity index is 465. The van der Waals surface area contributed by atoms with Gasteiger partial charge in [0, 0.05) is 4.47 Å². The average Bonchev–Trinajstić information content (AvgIpc) is 2.35. The van der Waals surface area contributed by atoms with Crippen LogP contribution in [0.3, 0.4) is 0 Å². The molecule has 104 valence electrons. The van der Waals surface area contributed by atoms with Crippen LogP contribution in [0.25, 0.3) is 0 Å². The Morgan fingerprint density at radius 1 is 1.32 bits per heavy atom. The highest BCUT2D eigenvalue weighted by Gasteiger charge is 2.08. The molecule has 0 fully saturated rings. The van der Waals surface area contributed by atoms with Crippen LogP contribution in [0.2, 0.25) is 0 Å². The lowest BCUT2D eigenvalue weighted by Gasteiger charge is -2.08. The fourth-order valence-electron chi connectivity index (χ4n) is 1.17. The van der Waals surface area contributed by atoms with Crippen molar-refractivity contribution in [2.45, 2.75) is 6.92 Å². The molecular weight excluding hydrogens is 382 g/mol. The summed E-state index contributed by atoms with van der Waals surface area (Å²) in [6, 6.07) is 5.34. The van der Waals surface area contributed by atoms with E-state index >= 15 is 0 Å². The first-order valence-electron chi connectivity index (χ1n) is 5.53. The Kier molecular flexibility index (Phi) is 6.86. The lowest BCUT2D eigenvalue weighted by Crippen LogP contribution is -2.34. The molecule has 1 aromatic rings. The van der Waals surface area contributed by atoms with Gasteiger partial charge in [-0.1, -0.05) is 15.9 Å². The Labute approximate surface area is 127 Å². The molecule has 0 heterocycles. The largest absolute Gasteiger partial charge is 0.483 e. The monoisotopic (exact) mass is 393 g/mol. The quantitative estimate of drug-likeness (QED) is 0.751. The zero-order valence-electron chi connectivity index (χ0n) is 10.2. The smallest absolute Gasteiger partial charge is 0.325 e. The summed E-state index contributed by atoms with van der Waals surface area (Å²) in [6.45, 7) is 1.67. The summed E-state index contributed by atoms with van der Waals surface area (Å²) >= 11 is 6.63. The molecule has 0 bridgehead atoms. The van der Waals surface area contributed by atoms with Gasteiger partial charge in [0.15, 0.2) is 6.61 Å². The SMILES string of the molecule is CCOC(=O)CNC(=O)COc1ccc(Br)cc1Br. The molecule has 5 nitrogen and oxygen atoms in total. The van der Waals surface area contributed by atoms with E-state index in [1.54, 1.807) is 19.1 Å². The average molecular weight is 395 g/mol. The third-order valence-corrected chi connectivity index (χ3v) is 3.10. The van der Waals surface area contributed by atoms with Gasteiger partial charge in [-0.3, -0.25) is 9.59 Å². The molecule has 1 N–H and O–H groups in total. The van der Waals surface area contributed by atoms with Gasteiger partial charge >= 0.3 is 5.97 Å². The van der Waals surface area contributed by atoms with Gasteiger partial charge in [-0.05, 0) is 41.1 Å². The molecule has 0 unspecified atom stereocenters. The summed E-state index contributed by atoms with van der Waals surface area (Å²) in [5, 5.41) is 2.41. The van der Waals surface area contributed by atoms with Crippen LogP contribution >= 0.6 is 31.9 Å². The second kappa shape index (κ2) is 8.16. The molecule has 7 heteroatoms. The van der Waals surface area contributed by atoms with E-state index in [9.17, 15) is 9.59 Å². The van der Waals surface area contributed by atoms with E-state index in [-0.39, 0.29) is 25.7 Å². The van der Waals surface area contributed by atoms with Gasteiger partial charge in [0.1, 0.15) is 12.3 Å². The molecule has 1 aromatic carbocycles. The zero-order chi connectivity index (χ0) is 14.3. The summed E-state index contributed by atoms with van der Waals surface area (Å²) in [5.41, 5.74) is 0.